The number of urea groups is 1. The number of carboxylic acids is 1. The minimum absolute atomic E-state index is 0.131. The van der Waals surface area contributed by atoms with Crippen molar-refractivity contribution in [1.29, 1.82) is 0 Å². The first-order chi connectivity index (χ1) is 16.7. The minimum Gasteiger partial charge on any atom is -0.488 e. The number of barbiturate groups is 1. The van der Waals surface area contributed by atoms with Crippen LogP contribution in [-0.2, 0) is 16.2 Å². The molecule has 3 aromatic rings. The number of anilines is 1. The van der Waals surface area contributed by atoms with Crippen LogP contribution in [0.4, 0.5) is 10.5 Å². The number of carbonyl (C=O) groups excluding carboxylic acids is 3. The first kappa shape index (κ1) is 23.7. The molecule has 1 fully saturated rings. The van der Waals surface area contributed by atoms with Gasteiger partial charge in [-0.05, 0) is 54.5 Å². The number of para-hydroxylation sites is 1. The van der Waals surface area contributed by atoms with Crippen LogP contribution in [0.3, 0.4) is 0 Å². The molecule has 4 rings (SSSR count). The number of amides is 4. The molecular formula is C26H19ClN2O6. The largest absolute Gasteiger partial charge is 0.488 e. The molecule has 4 amide bonds. The van der Waals surface area contributed by atoms with Crippen LogP contribution in [-0.4, -0.2) is 28.9 Å². The summed E-state index contributed by atoms with van der Waals surface area (Å²) in [6.45, 7) is 1.85. The van der Waals surface area contributed by atoms with Gasteiger partial charge in [-0.3, -0.25) is 14.9 Å². The molecule has 3 aromatic carbocycles. The van der Waals surface area contributed by atoms with Crippen LogP contribution in [0.1, 0.15) is 27.0 Å². The van der Waals surface area contributed by atoms with Crippen molar-refractivity contribution in [2.75, 3.05) is 4.90 Å². The van der Waals surface area contributed by atoms with E-state index >= 15 is 0 Å². The molecule has 1 heterocycles. The molecule has 0 saturated carbocycles. The Balaban J connectivity index is 1.62. The second-order valence-corrected chi connectivity index (χ2v) is 8.15. The lowest BCUT2D eigenvalue weighted by molar-refractivity contribution is -0.122. The Morgan fingerprint density at radius 3 is 2.49 bits per heavy atom. The van der Waals surface area contributed by atoms with Crippen LogP contribution in [0.2, 0.25) is 5.02 Å². The van der Waals surface area contributed by atoms with Gasteiger partial charge in [0.1, 0.15) is 17.9 Å². The smallest absolute Gasteiger partial charge is 0.335 e. The summed E-state index contributed by atoms with van der Waals surface area (Å²) >= 11 is 6.06. The summed E-state index contributed by atoms with van der Waals surface area (Å²) in [5, 5.41) is 11.6. The first-order valence-electron chi connectivity index (χ1n) is 10.5. The summed E-state index contributed by atoms with van der Waals surface area (Å²) < 4.78 is 5.87. The Kier molecular flexibility index (Phi) is 6.66. The SMILES string of the molecule is Cc1ccc(Cl)cc1N1C(=O)NC(=O)C(=Cc2ccccc2OCc2ccc(C(=O)O)cc2)C1=O. The number of hydrogen-bond acceptors (Lipinski definition) is 5. The number of carbonyl (C=O) groups is 4. The lowest BCUT2D eigenvalue weighted by Crippen LogP contribution is -2.54. The highest BCUT2D eigenvalue weighted by Gasteiger charge is 2.37. The zero-order valence-corrected chi connectivity index (χ0v) is 19.2. The van der Waals surface area contributed by atoms with Crippen molar-refractivity contribution in [2.24, 2.45) is 0 Å². The number of aryl methyl sites for hydroxylation is 1. The number of imide groups is 2. The molecule has 0 unspecified atom stereocenters. The fraction of sp³-hybridized carbons (Fsp3) is 0.0769. The molecule has 1 saturated heterocycles. The lowest BCUT2D eigenvalue weighted by atomic mass is 10.0. The van der Waals surface area contributed by atoms with Gasteiger partial charge in [0.2, 0.25) is 0 Å². The number of hydrogen-bond donors (Lipinski definition) is 2. The van der Waals surface area contributed by atoms with Crippen molar-refractivity contribution in [3.63, 3.8) is 0 Å². The van der Waals surface area contributed by atoms with Crippen LogP contribution in [0.15, 0.2) is 72.3 Å². The van der Waals surface area contributed by atoms with Crippen LogP contribution < -0.4 is 15.0 Å². The van der Waals surface area contributed by atoms with E-state index in [2.05, 4.69) is 5.32 Å². The normalized spacial score (nSPS) is 14.7. The van der Waals surface area contributed by atoms with Gasteiger partial charge < -0.3 is 9.84 Å². The number of carboxylic acid groups (broad SMARTS) is 1. The molecule has 176 valence electrons. The molecule has 0 radical (unpaired) electrons. The number of benzene rings is 3. The Hall–Kier alpha value is -4.43. The van der Waals surface area contributed by atoms with Gasteiger partial charge in [-0.1, -0.05) is 48.0 Å². The monoisotopic (exact) mass is 490 g/mol. The fourth-order valence-corrected chi connectivity index (χ4v) is 3.66. The maximum Gasteiger partial charge on any atom is 0.335 e. The molecule has 9 heteroatoms. The average Bonchev–Trinajstić information content (AvgIpc) is 2.83. The number of ether oxygens (including phenoxy) is 1. The molecule has 0 atom stereocenters. The van der Waals surface area contributed by atoms with Crippen molar-refractivity contribution in [3.05, 3.63) is 99.6 Å². The fourth-order valence-electron chi connectivity index (χ4n) is 3.49. The van der Waals surface area contributed by atoms with Gasteiger partial charge in [-0.25, -0.2) is 14.5 Å². The number of nitrogens with one attached hydrogen (secondary N) is 1. The first-order valence-corrected chi connectivity index (χ1v) is 10.8. The molecule has 35 heavy (non-hydrogen) atoms. The predicted molar refractivity (Wildman–Crippen MR) is 129 cm³/mol. The number of aromatic carboxylic acids is 1. The number of rotatable bonds is 6. The molecule has 0 bridgehead atoms. The van der Waals surface area contributed by atoms with E-state index in [1.807, 2.05) is 0 Å². The second-order valence-electron chi connectivity index (χ2n) is 7.72. The summed E-state index contributed by atoms with van der Waals surface area (Å²) in [6.07, 6.45) is 1.36. The molecule has 0 spiro atoms. The van der Waals surface area contributed by atoms with Crippen LogP contribution >= 0.6 is 11.6 Å². The topological polar surface area (TPSA) is 113 Å². The highest BCUT2D eigenvalue weighted by Crippen LogP contribution is 2.29. The zero-order valence-electron chi connectivity index (χ0n) is 18.4. The highest BCUT2D eigenvalue weighted by atomic mass is 35.5. The summed E-state index contributed by atoms with van der Waals surface area (Å²) in [5.74, 6) is -2.24. The summed E-state index contributed by atoms with van der Waals surface area (Å²) in [5.41, 5.74) is 2.00. The van der Waals surface area contributed by atoms with Crippen molar-refractivity contribution < 1.29 is 29.0 Å². The van der Waals surface area contributed by atoms with Gasteiger partial charge >= 0.3 is 12.0 Å². The molecule has 8 nitrogen and oxygen atoms in total. The van der Waals surface area contributed by atoms with Gasteiger partial charge in [0.15, 0.2) is 0 Å². The van der Waals surface area contributed by atoms with E-state index in [1.165, 1.54) is 24.3 Å². The molecule has 0 aliphatic carbocycles. The zero-order chi connectivity index (χ0) is 25.1. The Labute approximate surface area is 205 Å². The maximum absolute atomic E-state index is 13.2. The van der Waals surface area contributed by atoms with E-state index in [0.717, 1.165) is 10.5 Å². The summed E-state index contributed by atoms with van der Waals surface area (Å²) in [4.78, 5) is 50.2. The van der Waals surface area contributed by atoms with E-state index in [0.29, 0.717) is 21.9 Å². The van der Waals surface area contributed by atoms with Gasteiger partial charge in [0.25, 0.3) is 11.8 Å². The van der Waals surface area contributed by atoms with Gasteiger partial charge in [-0.15, -0.1) is 0 Å². The van der Waals surface area contributed by atoms with Crippen molar-refractivity contribution in [2.45, 2.75) is 13.5 Å². The molecule has 1 aliphatic heterocycles. The molecule has 1 aliphatic rings. The van der Waals surface area contributed by atoms with E-state index in [1.54, 1.807) is 55.5 Å². The van der Waals surface area contributed by atoms with E-state index in [-0.39, 0.29) is 23.4 Å². The van der Waals surface area contributed by atoms with Crippen molar-refractivity contribution in [3.8, 4) is 5.75 Å². The molecule has 0 aromatic heterocycles. The predicted octanol–water partition coefficient (Wildman–Crippen LogP) is 4.59. The van der Waals surface area contributed by atoms with E-state index < -0.39 is 23.8 Å². The van der Waals surface area contributed by atoms with Crippen molar-refractivity contribution >= 4 is 47.2 Å². The Morgan fingerprint density at radius 1 is 1.06 bits per heavy atom. The third-order valence-corrected chi connectivity index (χ3v) is 5.56. The average molecular weight is 491 g/mol. The molecule has 2 N–H and O–H groups in total. The summed E-state index contributed by atoms with van der Waals surface area (Å²) in [7, 11) is 0. The minimum atomic E-state index is -1.02. The number of halogens is 1. The van der Waals surface area contributed by atoms with Gasteiger partial charge in [0.05, 0.1) is 11.3 Å². The highest BCUT2D eigenvalue weighted by molar-refractivity contribution is 6.39. The Bertz CT molecular complexity index is 1380. The standard InChI is InChI=1S/C26H19ClN2O6/c1-15-6-11-19(27)13-21(15)29-24(31)20(23(30)28-26(29)34)12-18-4-2-3-5-22(18)35-14-16-7-9-17(10-8-16)25(32)33/h2-13H,14H2,1H3,(H,32,33)(H,28,30,34). The van der Waals surface area contributed by atoms with Crippen LogP contribution in [0.5, 0.6) is 5.75 Å². The lowest BCUT2D eigenvalue weighted by Gasteiger charge is -2.27. The maximum atomic E-state index is 13.2. The van der Waals surface area contributed by atoms with E-state index in [4.69, 9.17) is 21.4 Å². The second kappa shape index (κ2) is 9.82. The Morgan fingerprint density at radius 2 is 1.77 bits per heavy atom. The van der Waals surface area contributed by atoms with Gasteiger partial charge in [-0.2, -0.15) is 0 Å². The quantitative estimate of drug-likeness (QED) is 0.386. The van der Waals surface area contributed by atoms with E-state index in [9.17, 15) is 19.2 Å². The third kappa shape index (κ3) is 5.07. The number of nitrogens with zero attached hydrogens (tertiary/aromatic N) is 1. The summed E-state index contributed by atoms with van der Waals surface area (Å²) in [6, 6.07) is 16.9. The van der Waals surface area contributed by atoms with Crippen molar-refractivity contribution in [1.82, 2.24) is 5.32 Å². The third-order valence-electron chi connectivity index (χ3n) is 5.33. The van der Waals surface area contributed by atoms with Gasteiger partial charge in [0, 0.05) is 10.6 Å². The molecular weight excluding hydrogens is 472 g/mol. The van der Waals surface area contributed by atoms with Crippen LogP contribution in [0.25, 0.3) is 6.08 Å². The van der Waals surface area contributed by atoms with Crippen LogP contribution in [0, 0.1) is 6.92 Å².